The van der Waals surface area contributed by atoms with Crippen molar-refractivity contribution >= 4 is 17.3 Å². The van der Waals surface area contributed by atoms with Crippen LogP contribution in [0.5, 0.6) is 5.75 Å². The maximum Gasteiger partial charge on any atom is 0.136 e. The molecule has 0 radical (unpaired) electrons. The van der Waals surface area contributed by atoms with E-state index in [0.29, 0.717) is 0 Å². The highest BCUT2D eigenvalue weighted by Gasteiger charge is 2.18. The summed E-state index contributed by atoms with van der Waals surface area (Å²) in [6.45, 7) is 6.39. The van der Waals surface area contributed by atoms with Crippen LogP contribution in [-0.2, 0) is 0 Å². The maximum absolute atomic E-state index is 5.26. The van der Waals surface area contributed by atoms with E-state index < -0.39 is 0 Å². The second-order valence-corrected chi connectivity index (χ2v) is 6.19. The molecule has 2 heterocycles. The van der Waals surface area contributed by atoms with Gasteiger partial charge in [-0.25, -0.2) is 9.97 Å². The molecular formula is C18H24N4O. The first-order chi connectivity index (χ1) is 11.1. The second-order valence-electron chi connectivity index (χ2n) is 6.19. The van der Waals surface area contributed by atoms with E-state index >= 15 is 0 Å². The van der Waals surface area contributed by atoms with Crippen molar-refractivity contribution in [2.45, 2.75) is 26.7 Å². The summed E-state index contributed by atoms with van der Waals surface area (Å²) in [6, 6.07) is 9.88. The Morgan fingerprint density at radius 2 is 1.96 bits per heavy atom. The fourth-order valence-corrected chi connectivity index (χ4v) is 2.86. The monoisotopic (exact) mass is 312 g/mol. The molecule has 5 heteroatoms. The number of hydrogen-bond acceptors (Lipinski definition) is 5. The molecule has 0 amide bonds. The van der Waals surface area contributed by atoms with Crippen molar-refractivity contribution in [2.24, 2.45) is 5.92 Å². The molecule has 3 rings (SSSR count). The molecule has 122 valence electrons. The zero-order valence-electron chi connectivity index (χ0n) is 14.0. The van der Waals surface area contributed by atoms with Crippen LogP contribution in [0.3, 0.4) is 0 Å². The lowest BCUT2D eigenvalue weighted by molar-refractivity contribution is 0.415. The van der Waals surface area contributed by atoms with E-state index in [-0.39, 0.29) is 0 Å². The summed E-state index contributed by atoms with van der Waals surface area (Å²) in [6.07, 6.45) is 2.45. The molecule has 1 aliphatic rings. The van der Waals surface area contributed by atoms with E-state index in [2.05, 4.69) is 27.1 Å². The quantitative estimate of drug-likeness (QED) is 0.931. The first-order valence-electron chi connectivity index (χ1n) is 8.16. The molecule has 23 heavy (non-hydrogen) atoms. The highest BCUT2D eigenvalue weighted by atomic mass is 16.5. The summed E-state index contributed by atoms with van der Waals surface area (Å²) in [5.41, 5.74) is 0.959. The van der Waals surface area contributed by atoms with E-state index in [4.69, 9.17) is 4.74 Å². The molecule has 5 nitrogen and oxygen atoms in total. The van der Waals surface area contributed by atoms with Crippen molar-refractivity contribution in [1.29, 1.82) is 0 Å². The molecule has 1 fully saturated rings. The lowest BCUT2D eigenvalue weighted by Gasteiger charge is -2.31. The molecule has 2 aromatic rings. The minimum absolute atomic E-state index is 0.784. The average Bonchev–Trinajstić information content (AvgIpc) is 2.55. The fourth-order valence-electron chi connectivity index (χ4n) is 2.86. The molecule has 0 aliphatic carbocycles. The number of ether oxygens (including phenoxy) is 1. The molecule has 0 spiro atoms. The van der Waals surface area contributed by atoms with E-state index in [1.807, 2.05) is 37.3 Å². The second kappa shape index (κ2) is 6.86. The topological polar surface area (TPSA) is 50.3 Å². The normalized spacial score (nSPS) is 15.5. The number of anilines is 3. The summed E-state index contributed by atoms with van der Waals surface area (Å²) in [7, 11) is 1.67. The van der Waals surface area contributed by atoms with Gasteiger partial charge in [0.1, 0.15) is 23.2 Å². The number of nitrogens with one attached hydrogen (secondary N) is 1. The molecule has 0 saturated carbocycles. The SMILES string of the molecule is COc1cccc(Nc2cc(N3CCC(C)CC3)nc(C)n2)c1. The predicted molar refractivity (Wildman–Crippen MR) is 93.7 cm³/mol. The Balaban J connectivity index is 1.79. The van der Waals surface area contributed by atoms with Crippen LogP contribution in [0.25, 0.3) is 0 Å². The Labute approximate surface area is 137 Å². The van der Waals surface area contributed by atoms with E-state index in [1.165, 1.54) is 12.8 Å². The van der Waals surface area contributed by atoms with Crippen molar-refractivity contribution in [2.75, 3.05) is 30.4 Å². The van der Waals surface area contributed by atoms with Gasteiger partial charge in [-0.05, 0) is 37.8 Å². The maximum atomic E-state index is 5.26. The van der Waals surface area contributed by atoms with Crippen LogP contribution in [0, 0.1) is 12.8 Å². The van der Waals surface area contributed by atoms with E-state index in [9.17, 15) is 0 Å². The van der Waals surface area contributed by atoms with Gasteiger partial charge < -0.3 is 15.0 Å². The van der Waals surface area contributed by atoms with Gasteiger partial charge in [-0.15, -0.1) is 0 Å². The minimum atomic E-state index is 0.784. The van der Waals surface area contributed by atoms with Gasteiger partial charge in [0, 0.05) is 30.9 Å². The van der Waals surface area contributed by atoms with Gasteiger partial charge in [0.25, 0.3) is 0 Å². The smallest absolute Gasteiger partial charge is 0.136 e. The molecule has 1 aliphatic heterocycles. The highest BCUT2D eigenvalue weighted by molar-refractivity contribution is 5.61. The van der Waals surface area contributed by atoms with Gasteiger partial charge >= 0.3 is 0 Å². The Morgan fingerprint density at radius 1 is 1.17 bits per heavy atom. The van der Waals surface area contributed by atoms with Crippen LogP contribution in [0.4, 0.5) is 17.3 Å². The average molecular weight is 312 g/mol. The van der Waals surface area contributed by atoms with Crippen molar-refractivity contribution in [3.05, 3.63) is 36.2 Å². The number of aromatic nitrogens is 2. The highest BCUT2D eigenvalue weighted by Crippen LogP contribution is 2.25. The minimum Gasteiger partial charge on any atom is -0.497 e. The van der Waals surface area contributed by atoms with Crippen LogP contribution in [0.2, 0.25) is 0 Å². The summed E-state index contributed by atoms with van der Waals surface area (Å²) in [5, 5.41) is 3.35. The molecule has 0 bridgehead atoms. The predicted octanol–water partition coefficient (Wildman–Crippen LogP) is 3.77. The Morgan fingerprint density at radius 3 is 2.70 bits per heavy atom. The van der Waals surface area contributed by atoms with Crippen molar-refractivity contribution in [1.82, 2.24) is 9.97 Å². The van der Waals surface area contributed by atoms with Gasteiger partial charge in [-0.1, -0.05) is 13.0 Å². The number of piperidine rings is 1. The number of aryl methyl sites for hydroxylation is 1. The van der Waals surface area contributed by atoms with Crippen LogP contribution in [-0.4, -0.2) is 30.2 Å². The van der Waals surface area contributed by atoms with Crippen molar-refractivity contribution in [3.63, 3.8) is 0 Å². The zero-order chi connectivity index (χ0) is 16.2. The van der Waals surface area contributed by atoms with Gasteiger partial charge in [0.15, 0.2) is 0 Å². The summed E-state index contributed by atoms with van der Waals surface area (Å²) >= 11 is 0. The van der Waals surface area contributed by atoms with Crippen molar-refractivity contribution in [3.8, 4) is 5.75 Å². The van der Waals surface area contributed by atoms with Gasteiger partial charge in [0.2, 0.25) is 0 Å². The van der Waals surface area contributed by atoms with Gasteiger partial charge in [-0.2, -0.15) is 0 Å². The number of nitrogens with zero attached hydrogens (tertiary/aromatic N) is 3. The van der Waals surface area contributed by atoms with Crippen LogP contribution in [0.15, 0.2) is 30.3 Å². The third kappa shape index (κ3) is 3.92. The van der Waals surface area contributed by atoms with E-state index in [0.717, 1.165) is 47.9 Å². The summed E-state index contributed by atoms with van der Waals surface area (Å²) in [4.78, 5) is 11.5. The van der Waals surface area contributed by atoms with Crippen LogP contribution >= 0.6 is 0 Å². The molecule has 0 unspecified atom stereocenters. The van der Waals surface area contributed by atoms with Gasteiger partial charge in [0.05, 0.1) is 7.11 Å². The number of benzene rings is 1. The summed E-state index contributed by atoms with van der Waals surface area (Å²) in [5.74, 6) is 4.25. The van der Waals surface area contributed by atoms with Gasteiger partial charge in [-0.3, -0.25) is 0 Å². The summed E-state index contributed by atoms with van der Waals surface area (Å²) < 4.78 is 5.26. The molecule has 1 aromatic heterocycles. The largest absolute Gasteiger partial charge is 0.497 e. The van der Waals surface area contributed by atoms with Crippen LogP contribution < -0.4 is 15.0 Å². The third-order valence-corrected chi connectivity index (χ3v) is 4.27. The Bertz CT molecular complexity index is 666. The molecular weight excluding hydrogens is 288 g/mol. The zero-order valence-corrected chi connectivity index (χ0v) is 14.0. The fraction of sp³-hybridized carbons (Fsp3) is 0.444. The molecule has 1 N–H and O–H groups in total. The first-order valence-corrected chi connectivity index (χ1v) is 8.16. The third-order valence-electron chi connectivity index (χ3n) is 4.27. The Hall–Kier alpha value is -2.30. The number of rotatable bonds is 4. The first kappa shape index (κ1) is 15.6. The van der Waals surface area contributed by atoms with E-state index in [1.54, 1.807) is 7.11 Å². The van der Waals surface area contributed by atoms with Crippen molar-refractivity contribution < 1.29 is 4.74 Å². The number of hydrogen-bond donors (Lipinski definition) is 1. The lowest BCUT2D eigenvalue weighted by atomic mass is 9.99. The molecule has 1 saturated heterocycles. The molecule has 1 aromatic carbocycles. The number of methoxy groups -OCH3 is 1. The lowest BCUT2D eigenvalue weighted by Crippen LogP contribution is -2.33. The Kier molecular flexibility index (Phi) is 4.65. The van der Waals surface area contributed by atoms with Crippen LogP contribution in [0.1, 0.15) is 25.6 Å². The standard InChI is InChI=1S/C18H24N4O/c1-13-7-9-22(10-8-13)18-12-17(19-14(2)20-18)21-15-5-4-6-16(11-15)23-3/h4-6,11-13H,7-10H2,1-3H3,(H,19,20,21). The molecule has 0 atom stereocenters.